The van der Waals surface area contributed by atoms with Crippen LogP contribution in [0, 0.1) is 0 Å². The third kappa shape index (κ3) is 42.1. The van der Waals surface area contributed by atoms with Gasteiger partial charge < -0.3 is 14.2 Å². The van der Waals surface area contributed by atoms with Crippen LogP contribution in [0.15, 0.2) is 72.9 Å². The van der Waals surface area contributed by atoms with Gasteiger partial charge >= 0.3 is 11.9 Å². The molecule has 0 aliphatic heterocycles. The van der Waals surface area contributed by atoms with Crippen LogP contribution in [0.1, 0.15) is 201 Å². The SMILES string of the molecule is CC/C=C\C/C=C\C/C=C\C/C=C\CCC(=O)OC(COCCCCCCCC)COC(=O)CCCCCCCCCCC/C=C\C/C=C\CCCCC. The molecule has 5 nitrogen and oxygen atoms in total. The van der Waals surface area contributed by atoms with Crippen LogP contribution in [0.4, 0.5) is 0 Å². The Morgan fingerprint density at radius 2 is 0.870 bits per heavy atom. The number of ether oxygens (including phenoxy) is 3. The van der Waals surface area contributed by atoms with Gasteiger partial charge in [-0.2, -0.15) is 0 Å². The summed E-state index contributed by atoms with van der Waals surface area (Å²) >= 11 is 0. The third-order valence-electron chi connectivity index (χ3n) is 9.24. The first kappa shape index (κ1) is 51.3. The van der Waals surface area contributed by atoms with Crippen molar-refractivity contribution in [2.45, 2.75) is 207 Å². The Kier molecular flexibility index (Phi) is 42.5. The van der Waals surface area contributed by atoms with E-state index in [2.05, 4.69) is 87.6 Å². The average Bonchev–Trinajstić information content (AvgIpc) is 3.17. The minimum Gasteiger partial charge on any atom is -0.462 e. The molecule has 0 aromatic heterocycles. The highest BCUT2D eigenvalue weighted by atomic mass is 16.6. The third-order valence-corrected chi connectivity index (χ3v) is 9.24. The largest absolute Gasteiger partial charge is 0.462 e. The van der Waals surface area contributed by atoms with Gasteiger partial charge in [-0.15, -0.1) is 0 Å². The van der Waals surface area contributed by atoms with Gasteiger partial charge in [-0.3, -0.25) is 9.59 Å². The number of hydrogen-bond acceptors (Lipinski definition) is 5. The second-order valence-electron chi connectivity index (χ2n) is 14.6. The van der Waals surface area contributed by atoms with Crippen molar-refractivity contribution < 1.29 is 23.8 Å². The van der Waals surface area contributed by atoms with Gasteiger partial charge in [0, 0.05) is 19.4 Å². The quantitative estimate of drug-likeness (QED) is 0.0354. The second-order valence-corrected chi connectivity index (χ2v) is 14.6. The minimum atomic E-state index is -0.572. The zero-order valence-corrected chi connectivity index (χ0v) is 35.5. The fraction of sp³-hybridized carbons (Fsp3) is 0.714. The molecule has 5 heteroatoms. The molecule has 0 aromatic rings. The summed E-state index contributed by atoms with van der Waals surface area (Å²) in [5, 5.41) is 0. The molecule has 0 aliphatic carbocycles. The molecule has 1 unspecified atom stereocenters. The Labute approximate surface area is 334 Å². The molecule has 310 valence electrons. The van der Waals surface area contributed by atoms with Crippen molar-refractivity contribution in [1.82, 2.24) is 0 Å². The van der Waals surface area contributed by atoms with Crippen molar-refractivity contribution in [2.75, 3.05) is 19.8 Å². The highest BCUT2D eigenvalue weighted by Crippen LogP contribution is 2.13. The highest BCUT2D eigenvalue weighted by Gasteiger charge is 2.17. The smallest absolute Gasteiger partial charge is 0.306 e. The van der Waals surface area contributed by atoms with Gasteiger partial charge in [0.25, 0.3) is 0 Å². The number of carbonyl (C=O) groups excluding carboxylic acids is 2. The van der Waals surface area contributed by atoms with Crippen molar-refractivity contribution >= 4 is 11.9 Å². The number of rotatable bonds is 40. The minimum absolute atomic E-state index is 0.0526. The van der Waals surface area contributed by atoms with Crippen LogP contribution < -0.4 is 0 Å². The highest BCUT2D eigenvalue weighted by molar-refractivity contribution is 5.70. The summed E-state index contributed by atoms with van der Waals surface area (Å²) in [4.78, 5) is 25.1. The van der Waals surface area contributed by atoms with Crippen LogP contribution >= 0.6 is 0 Å². The van der Waals surface area contributed by atoms with E-state index >= 15 is 0 Å². The molecule has 0 bridgehead atoms. The molecule has 0 aliphatic rings. The lowest BCUT2D eigenvalue weighted by Crippen LogP contribution is -2.30. The van der Waals surface area contributed by atoms with E-state index in [9.17, 15) is 9.59 Å². The summed E-state index contributed by atoms with van der Waals surface area (Å²) in [7, 11) is 0. The molecule has 0 rings (SSSR count). The lowest BCUT2D eigenvalue weighted by molar-refractivity contribution is -0.162. The molecule has 54 heavy (non-hydrogen) atoms. The topological polar surface area (TPSA) is 61.8 Å². The maximum Gasteiger partial charge on any atom is 0.306 e. The molecule has 0 aromatic carbocycles. The molecular weight excluding hydrogens is 669 g/mol. The normalized spacial score (nSPS) is 12.9. The van der Waals surface area contributed by atoms with Crippen molar-refractivity contribution in [2.24, 2.45) is 0 Å². The van der Waals surface area contributed by atoms with Crippen molar-refractivity contribution in [3.63, 3.8) is 0 Å². The van der Waals surface area contributed by atoms with Gasteiger partial charge in [-0.1, -0.05) is 184 Å². The van der Waals surface area contributed by atoms with Crippen LogP contribution in [0.5, 0.6) is 0 Å². The molecule has 0 saturated carbocycles. The molecule has 0 spiro atoms. The molecule has 0 fully saturated rings. The maximum atomic E-state index is 12.6. The molecule has 0 heterocycles. The zero-order valence-electron chi connectivity index (χ0n) is 35.5. The number of carbonyl (C=O) groups is 2. The lowest BCUT2D eigenvalue weighted by atomic mass is 10.1. The Morgan fingerprint density at radius 3 is 1.44 bits per heavy atom. The molecular formula is C49H84O5. The fourth-order valence-corrected chi connectivity index (χ4v) is 5.90. The first-order chi connectivity index (χ1) is 26.6. The number of allylic oxidation sites excluding steroid dienone is 12. The van der Waals surface area contributed by atoms with Gasteiger partial charge in [0.1, 0.15) is 6.61 Å². The van der Waals surface area contributed by atoms with Gasteiger partial charge in [0.05, 0.1) is 6.61 Å². The fourth-order valence-electron chi connectivity index (χ4n) is 5.90. The summed E-state index contributed by atoms with van der Waals surface area (Å²) < 4.78 is 17.1. The zero-order chi connectivity index (χ0) is 39.3. The number of unbranched alkanes of at least 4 members (excludes halogenated alkanes) is 17. The Morgan fingerprint density at radius 1 is 0.426 bits per heavy atom. The monoisotopic (exact) mass is 753 g/mol. The first-order valence-corrected chi connectivity index (χ1v) is 22.5. The number of esters is 2. The van der Waals surface area contributed by atoms with Crippen LogP contribution in [0.3, 0.4) is 0 Å². The summed E-state index contributed by atoms with van der Waals surface area (Å²) in [5.41, 5.74) is 0. The summed E-state index contributed by atoms with van der Waals surface area (Å²) in [6.45, 7) is 7.56. The summed E-state index contributed by atoms with van der Waals surface area (Å²) in [6, 6.07) is 0. The van der Waals surface area contributed by atoms with E-state index in [1.807, 2.05) is 6.08 Å². The van der Waals surface area contributed by atoms with E-state index in [0.717, 1.165) is 64.2 Å². The van der Waals surface area contributed by atoms with E-state index in [4.69, 9.17) is 14.2 Å². The van der Waals surface area contributed by atoms with Crippen LogP contribution in [0.2, 0.25) is 0 Å². The van der Waals surface area contributed by atoms with E-state index in [1.165, 1.54) is 96.3 Å². The number of hydrogen-bond donors (Lipinski definition) is 0. The van der Waals surface area contributed by atoms with Crippen LogP contribution in [0.25, 0.3) is 0 Å². The standard InChI is InChI=1S/C49H84O5/c1-4-7-10-13-16-18-20-22-23-24-25-26-27-29-30-32-34-36-39-42-48(50)53-46-47(45-52-44-41-38-15-12-9-6-3)54-49(51)43-40-37-35-33-31-28-21-19-17-14-11-8-5-2/h8,11,16-19,22-23,28,31,35,37,47H,4-7,9-10,12-15,20-21,24-27,29-30,32-34,36,38-46H2,1-3H3/b11-8-,18-16-,19-17-,23-22-,31-28-,37-35-. The second kappa shape index (κ2) is 44.7. The van der Waals surface area contributed by atoms with Gasteiger partial charge in [0.15, 0.2) is 6.10 Å². The Hall–Kier alpha value is -2.66. The predicted octanol–water partition coefficient (Wildman–Crippen LogP) is 14.8. The van der Waals surface area contributed by atoms with Crippen molar-refractivity contribution in [3.8, 4) is 0 Å². The van der Waals surface area contributed by atoms with E-state index < -0.39 is 6.10 Å². The lowest BCUT2D eigenvalue weighted by Gasteiger charge is -2.18. The Balaban J connectivity index is 4.18. The van der Waals surface area contributed by atoms with Gasteiger partial charge in [0.2, 0.25) is 0 Å². The van der Waals surface area contributed by atoms with E-state index in [-0.39, 0.29) is 25.2 Å². The van der Waals surface area contributed by atoms with E-state index in [1.54, 1.807) is 0 Å². The van der Waals surface area contributed by atoms with Crippen molar-refractivity contribution in [3.05, 3.63) is 72.9 Å². The van der Waals surface area contributed by atoms with E-state index in [0.29, 0.717) is 25.9 Å². The summed E-state index contributed by atoms with van der Waals surface area (Å²) in [6.07, 6.45) is 56.4. The van der Waals surface area contributed by atoms with Crippen molar-refractivity contribution in [1.29, 1.82) is 0 Å². The van der Waals surface area contributed by atoms with Gasteiger partial charge in [-0.25, -0.2) is 0 Å². The Bertz CT molecular complexity index is 988. The molecule has 0 N–H and O–H groups in total. The molecule has 0 amide bonds. The molecule has 0 radical (unpaired) electrons. The van der Waals surface area contributed by atoms with Gasteiger partial charge in [-0.05, 0) is 77.0 Å². The van der Waals surface area contributed by atoms with Crippen LogP contribution in [-0.4, -0.2) is 37.9 Å². The maximum absolute atomic E-state index is 12.6. The molecule has 1 atom stereocenters. The van der Waals surface area contributed by atoms with Crippen LogP contribution in [-0.2, 0) is 23.8 Å². The first-order valence-electron chi connectivity index (χ1n) is 22.5. The predicted molar refractivity (Wildman–Crippen MR) is 233 cm³/mol. The average molecular weight is 753 g/mol. The summed E-state index contributed by atoms with van der Waals surface area (Å²) in [5.74, 6) is -0.501. The molecule has 0 saturated heterocycles.